The van der Waals surface area contributed by atoms with E-state index < -0.39 is 0 Å². The SMILES string of the molecule is CCOC(=O)c1ccc(-c2n[nH]c(C)n2)cc1. The number of aryl methyl sites for hydroxylation is 1. The number of ether oxygens (including phenoxy) is 1. The summed E-state index contributed by atoms with van der Waals surface area (Å²) in [6.45, 7) is 3.99. The summed E-state index contributed by atoms with van der Waals surface area (Å²) in [5.74, 6) is 1.07. The first-order chi connectivity index (χ1) is 8.20. The lowest BCUT2D eigenvalue weighted by Crippen LogP contribution is -2.04. The average molecular weight is 231 g/mol. The third-order valence-corrected chi connectivity index (χ3v) is 2.25. The molecule has 0 aliphatic carbocycles. The Bertz CT molecular complexity index is 517. The van der Waals surface area contributed by atoms with Crippen LogP contribution in [-0.4, -0.2) is 27.8 Å². The Kier molecular flexibility index (Phi) is 3.18. The van der Waals surface area contributed by atoms with Crippen LogP contribution in [-0.2, 0) is 4.74 Å². The van der Waals surface area contributed by atoms with Gasteiger partial charge >= 0.3 is 5.97 Å². The first-order valence-electron chi connectivity index (χ1n) is 5.37. The van der Waals surface area contributed by atoms with E-state index in [1.807, 2.05) is 6.92 Å². The number of aromatic nitrogens is 3. The number of aromatic amines is 1. The van der Waals surface area contributed by atoms with Crippen molar-refractivity contribution in [3.05, 3.63) is 35.7 Å². The van der Waals surface area contributed by atoms with Gasteiger partial charge in [0.15, 0.2) is 5.82 Å². The number of rotatable bonds is 3. The third-order valence-electron chi connectivity index (χ3n) is 2.25. The van der Waals surface area contributed by atoms with Gasteiger partial charge < -0.3 is 4.74 Å². The topological polar surface area (TPSA) is 67.9 Å². The lowest BCUT2D eigenvalue weighted by Gasteiger charge is -2.01. The molecule has 0 aliphatic rings. The molecular formula is C12H13N3O2. The summed E-state index contributed by atoms with van der Waals surface area (Å²) in [5.41, 5.74) is 1.39. The maximum absolute atomic E-state index is 11.4. The van der Waals surface area contributed by atoms with E-state index >= 15 is 0 Å². The number of H-pyrrole nitrogens is 1. The summed E-state index contributed by atoms with van der Waals surface area (Å²) in [5, 5.41) is 6.82. The van der Waals surface area contributed by atoms with Crippen molar-refractivity contribution in [3.8, 4) is 11.4 Å². The molecular weight excluding hydrogens is 218 g/mol. The second kappa shape index (κ2) is 4.78. The van der Waals surface area contributed by atoms with Crippen molar-refractivity contribution in [2.75, 3.05) is 6.61 Å². The minimum Gasteiger partial charge on any atom is -0.462 e. The zero-order valence-corrected chi connectivity index (χ0v) is 9.73. The van der Waals surface area contributed by atoms with Gasteiger partial charge in [-0.05, 0) is 26.0 Å². The Morgan fingerprint density at radius 2 is 2.06 bits per heavy atom. The molecule has 0 saturated carbocycles. The molecule has 1 heterocycles. The molecule has 0 fully saturated rings. The highest BCUT2D eigenvalue weighted by atomic mass is 16.5. The molecule has 17 heavy (non-hydrogen) atoms. The number of carbonyl (C=O) groups is 1. The predicted octanol–water partition coefficient (Wildman–Crippen LogP) is 1.96. The number of nitrogens with one attached hydrogen (secondary N) is 1. The first-order valence-corrected chi connectivity index (χ1v) is 5.37. The maximum atomic E-state index is 11.4. The number of nitrogens with zero attached hydrogens (tertiary/aromatic N) is 2. The van der Waals surface area contributed by atoms with Crippen LogP contribution >= 0.6 is 0 Å². The van der Waals surface area contributed by atoms with Crippen LogP contribution in [0.25, 0.3) is 11.4 Å². The van der Waals surface area contributed by atoms with E-state index in [9.17, 15) is 4.79 Å². The minimum atomic E-state index is -0.315. The smallest absolute Gasteiger partial charge is 0.338 e. The minimum absolute atomic E-state index is 0.315. The summed E-state index contributed by atoms with van der Waals surface area (Å²) in [6, 6.07) is 7.02. The Labute approximate surface area is 98.8 Å². The van der Waals surface area contributed by atoms with E-state index in [0.717, 1.165) is 11.4 Å². The summed E-state index contributed by atoms with van der Waals surface area (Å²) >= 11 is 0. The molecule has 0 unspecified atom stereocenters. The van der Waals surface area contributed by atoms with Crippen molar-refractivity contribution in [3.63, 3.8) is 0 Å². The van der Waals surface area contributed by atoms with Crippen LogP contribution in [0.1, 0.15) is 23.1 Å². The highest BCUT2D eigenvalue weighted by Crippen LogP contribution is 2.15. The van der Waals surface area contributed by atoms with E-state index in [2.05, 4.69) is 15.2 Å². The fraction of sp³-hybridized carbons (Fsp3) is 0.250. The quantitative estimate of drug-likeness (QED) is 0.820. The first kappa shape index (κ1) is 11.3. The molecule has 88 valence electrons. The van der Waals surface area contributed by atoms with Crippen molar-refractivity contribution < 1.29 is 9.53 Å². The van der Waals surface area contributed by atoms with Gasteiger partial charge in [-0.15, -0.1) is 0 Å². The monoisotopic (exact) mass is 231 g/mol. The van der Waals surface area contributed by atoms with Gasteiger partial charge in [-0.1, -0.05) is 12.1 Å². The number of benzene rings is 1. The highest BCUT2D eigenvalue weighted by molar-refractivity contribution is 5.89. The number of carbonyl (C=O) groups excluding carboxylic acids is 1. The zero-order valence-electron chi connectivity index (χ0n) is 9.73. The Balaban J connectivity index is 2.21. The van der Waals surface area contributed by atoms with Gasteiger partial charge in [-0.25, -0.2) is 9.78 Å². The molecule has 0 radical (unpaired) electrons. The Morgan fingerprint density at radius 3 is 2.59 bits per heavy atom. The zero-order chi connectivity index (χ0) is 12.3. The summed E-state index contributed by atoms with van der Waals surface area (Å²) in [7, 11) is 0. The number of hydrogen-bond donors (Lipinski definition) is 1. The fourth-order valence-corrected chi connectivity index (χ4v) is 1.44. The van der Waals surface area contributed by atoms with Gasteiger partial charge in [0.1, 0.15) is 5.82 Å². The van der Waals surface area contributed by atoms with Crippen LogP contribution < -0.4 is 0 Å². The van der Waals surface area contributed by atoms with E-state index in [1.165, 1.54) is 0 Å². The lowest BCUT2D eigenvalue weighted by atomic mass is 10.1. The molecule has 1 aromatic heterocycles. The predicted molar refractivity (Wildman–Crippen MR) is 62.5 cm³/mol. The normalized spacial score (nSPS) is 10.2. The molecule has 1 aromatic carbocycles. The number of hydrogen-bond acceptors (Lipinski definition) is 4. The molecule has 2 aromatic rings. The van der Waals surface area contributed by atoms with Gasteiger partial charge in [0.2, 0.25) is 0 Å². The van der Waals surface area contributed by atoms with Crippen LogP contribution in [0.5, 0.6) is 0 Å². The summed E-state index contributed by atoms with van der Waals surface area (Å²) < 4.78 is 4.90. The van der Waals surface area contributed by atoms with Crippen LogP contribution in [0.4, 0.5) is 0 Å². The van der Waals surface area contributed by atoms with Crippen molar-refractivity contribution in [2.45, 2.75) is 13.8 Å². The molecule has 2 rings (SSSR count). The van der Waals surface area contributed by atoms with Gasteiger partial charge in [0.25, 0.3) is 0 Å². The lowest BCUT2D eigenvalue weighted by molar-refractivity contribution is 0.0526. The second-order valence-electron chi connectivity index (χ2n) is 3.54. The van der Waals surface area contributed by atoms with Crippen LogP contribution in [0, 0.1) is 6.92 Å². The van der Waals surface area contributed by atoms with Gasteiger partial charge in [-0.2, -0.15) is 5.10 Å². The largest absolute Gasteiger partial charge is 0.462 e. The van der Waals surface area contributed by atoms with Gasteiger partial charge in [0.05, 0.1) is 12.2 Å². The van der Waals surface area contributed by atoms with Crippen LogP contribution in [0.3, 0.4) is 0 Å². The molecule has 0 aliphatic heterocycles. The summed E-state index contributed by atoms with van der Waals surface area (Å²) in [4.78, 5) is 15.6. The van der Waals surface area contributed by atoms with E-state index in [-0.39, 0.29) is 5.97 Å². The van der Waals surface area contributed by atoms with Crippen molar-refractivity contribution in [1.29, 1.82) is 0 Å². The van der Waals surface area contributed by atoms with E-state index in [4.69, 9.17) is 4.74 Å². The van der Waals surface area contributed by atoms with Gasteiger partial charge in [-0.3, -0.25) is 5.10 Å². The summed E-state index contributed by atoms with van der Waals surface area (Å²) in [6.07, 6.45) is 0. The molecule has 5 nitrogen and oxygen atoms in total. The number of esters is 1. The Morgan fingerprint density at radius 1 is 1.35 bits per heavy atom. The van der Waals surface area contributed by atoms with E-state index in [0.29, 0.717) is 18.0 Å². The molecule has 0 bridgehead atoms. The standard InChI is InChI=1S/C12H13N3O2/c1-3-17-12(16)10-6-4-9(5-7-10)11-13-8(2)14-15-11/h4-7H,3H2,1-2H3,(H,13,14,15). The molecule has 5 heteroatoms. The maximum Gasteiger partial charge on any atom is 0.338 e. The molecule has 0 atom stereocenters. The highest BCUT2D eigenvalue weighted by Gasteiger charge is 2.08. The second-order valence-corrected chi connectivity index (χ2v) is 3.54. The molecule has 0 spiro atoms. The van der Waals surface area contributed by atoms with Gasteiger partial charge in [0, 0.05) is 5.56 Å². The van der Waals surface area contributed by atoms with Crippen LogP contribution in [0.15, 0.2) is 24.3 Å². The molecule has 1 N–H and O–H groups in total. The fourth-order valence-electron chi connectivity index (χ4n) is 1.44. The van der Waals surface area contributed by atoms with Crippen molar-refractivity contribution in [2.24, 2.45) is 0 Å². The third kappa shape index (κ3) is 2.50. The Hall–Kier alpha value is -2.17. The molecule has 0 amide bonds. The average Bonchev–Trinajstić information content (AvgIpc) is 2.76. The van der Waals surface area contributed by atoms with E-state index in [1.54, 1.807) is 31.2 Å². The van der Waals surface area contributed by atoms with Crippen molar-refractivity contribution >= 4 is 5.97 Å². The van der Waals surface area contributed by atoms with Crippen LogP contribution in [0.2, 0.25) is 0 Å². The van der Waals surface area contributed by atoms with Crippen molar-refractivity contribution in [1.82, 2.24) is 15.2 Å². The molecule has 0 saturated heterocycles.